The molecule has 1 aromatic heterocycles. The molecular weight excluding hydrogens is 544 g/mol. The molecule has 1 aromatic carbocycles. The topological polar surface area (TPSA) is 209 Å². The molecule has 4 unspecified atom stereocenters. The molecule has 0 fully saturated rings. The average molecular weight is 581 g/mol. The molecule has 0 aliphatic rings. The Hall–Kier alpha value is -3.23. The molecule has 4 amide bonds. The minimum Gasteiger partial charge on any atom is -0.480 e. The van der Waals surface area contributed by atoms with E-state index in [0.717, 1.165) is 10.9 Å². The van der Waals surface area contributed by atoms with Gasteiger partial charge >= 0.3 is 5.97 Å². The van der Waals surface area contributed by atoms with E-state index in [-0.39, 0.29) is 12.8 Å². The van der Waals surface area contributed by atoms with Crippen LogP contribution in [-0.4, -0.2) is 87.9 Å². The number of primary amides is 1. The molecule has 214 valence electrons. The highest BCUT2D eigenvalue weighted by Crippen LogP contribution is 2.19. The Morgan fingerprint density at radius 2 is 1.49 bits per heavy atom. The van der Waals surface area contributed by atoms with E-state index < -0.39 is 60.2 Å². The second-order valence-corrected chi connectivity index (χ2v) is 10.9. The van der Waals surface area contributed by atoms with Gasteiger partial charge < -0.3 is 37.5 Å². The molecule has 0 aliphatic carbocycles. The van der Waals surface area contributed by atoms with Gasteiger partial charge in [0.05, 0.1) is 12.5 Å². The summed E-state index contributed by atoms with van der Waals surface area (Å²) in [6.07, 6.45) is 5.58. The van der Waals surface area contributed by atoms with Crippen LogP contribution in [0.1, 0.15) is 24.8 Å². The van der Waals surface area contributed by atoms with E-state index in [2.05, 4.69) is 20.9 Å². The van der Waals surface area contributed by atoms with Gasteiger partial charge in [-0.3, -0.25) is 19.2 Å². The van der Waals surface area contributed by atoms with E-state index in [4.69, 9.17) is 11.5 Å². The van der Waals surface area contributed by atoms with Gasteiger partial charge in [-0.15, -0.1) is 0 Å². The third-order valence-corrected chi connectivity index (χ3v) is 7.25. The lowest BCUT2D eigenvalue weighted by atomic mass is 10.0. The Morgan fingerprint density at radius 1 is 0.897 bits per heavy atom. The van der Waals surface area contributed by atoms with E-state index in [9.17, 15) is 29.1 Å². The fourth-order valence-electron chi connectivity index (χ4n) is 3.83. The number of H-pyrrole nitrogens is 1. The van der Waals surface area contributed by atoms with Gasteiger partial charge in [0, 0.05) is 23.5 Å². The number of fused-ring (bicyclic) bond motifs is 1. The number of carboxylic acids is 1. The van der Waals surface area contributed by atoms with Gasteiger partial charge in [-0.1, -0.05) is 18.2 Å². The van der Waals surface area contributed by atoms with Crippen molar-refractivity contribution in [3.05, 3.63) is 36.0 Å². The number of para-hydroxylation sites is 1. The van der Waals surface area contributed by atoms with Crippen molar-refractivity contribution in [2.24, 2.45) is 11.5 Å². The number of nitrogens with two attached hydrogens (primary N) is 2. The maximum atomic E-state index is 13.4. The molecular formula is C25H36N6O6S2. The summed E-state index contributed by atoms with van der Waals surface area (Å²) >= 11 is 3.04. The number of hydrogen-bond donors (Lipinski definition) is 7. The number of rotatable bonds is 17. The summed E-state index contributed by atoms with van der Waals surface area (Å²) in [6.45, 7) is 0. The number of aromatic nitrogens is 1. The zero-order valence-corrected chi connectivity index (χ0v) is 23.5. The number of amides is 4. The Kier molecular flexibility index (Phi) is 13.1. The van der Waals surface area contributed by atoms with Crippen LogP contribution in [0.15, 0.2) is 30.5 Å². The van der Waals surface area contributed by atoms with Gasteiger partial charge in [-0.05, 0) is 48.5 Å². The summed E-state index contributed by atoms with van der Waals surface area (Å²) in [7, 11) is 0. The minimum absolute atomic E-state index is 0.0148. The number of nitrogens with one attached hydrogen (secondary N) is 4. The summed E-state index contributed by atoms with van der Waals surface area (Å²) in [5.41, 5.74) is 12.6. The molecule has 39 heavy (non-hydrogen) atoms. The number of carbonyl (C=O) groups excluding carboxylic acids is 4. The molecule has 0 spiro atoms. The minimum atomic E-state index is -1.57. The lowest BCUT2D eigenvalue weighted by Gasteiger charge is -2.25. The summed E-state index contributed by atoms with van der Waals surface area (Å²) in [4.78, 5) is 65.3. The van der Waals surface area contributed by atoms with Crippen LogP contribution in [0.25, 0.3) is 10.9 Å². The Labute approximate surface area is 235 Å². The predicted molar refractivity (Wildman–Crippen MR) is 153 cm³/mol. The van der Waals surface area contributed by atoms with E-state index in [1.54, 1.807) is 18.0 Å². The highest BCUT2D eigenvalue weighted by molar-refractivity contribution is 7.98. The Balaban J connectivity index is 2.30. The first-order chi connectivity index (χ1) is 18.6. The van der Waals surface area contributed by atoms with E-state index >= 15 is 0 Å². The third kappa shape index (κ3) is 10.1. The number of hydrogen-bond acceptors (Lipinski definition) is 8. The van der Waals surface area contributed by atoms with E-state index in [1.165, 1.54) is 11.8 Å². The number of carbonyl (C=O) groups is 5. The zero-order valence-electron chi connectivity index (χ0n) is 21.9. The number of benzene rings is 1. The second-order valence-electron chi connectivity index (χ2n) is 8.93. The third-order valence-electron chi connectivity index (χ3n) is 5.97. The van der Waals surface area contributed by atoms with Crippen LogP contribution in [0.3, 0.4) is 0 Å². The highest BCUT2D eigenvalue weighted by Gasteiger charge is 2.31. The summed E-state index contributed by atoms with van der Waals surface area (Å²) in [6, 6.07) is 2.83. The van der Waals surface area contributed by atoms with E-state index in [0.29, 0.717) is 23.5 Å². The quantitative estimate of drug-likeness (QED) is 0.134. The van der Waals surface area contributed by atoms with Crippen LogP contribution in [0.4, 0.5) is 0 Å². The maximum absolute atomic E-state index is 13.4. The molecule has 0 radical (unpaired) electrons. The van der Waals surface area contributed by atoms with Crippen molar-refractivity contribution in [2.75, 3.05) is 24.0 Å². The van der Waals surface area contributed by atoms with Crippen molar-refractivity contribution in [3.8, 4) is 0 Å². The lowest BCUT2D eigenvalue weighted by Crippen LogP contribution is -2.58. The molecule has 0 saturated heterocycles. The van der Waals surface area contributed by atoms with Crippen molar-refractivity contribution in [1.29, 1.82) is 0 Å². The number of thioether (sulfide) groups is 2. The van der Waals surface area contributed by atoms with Crippen LogP contribution >= 0.6 is 23.5 Å². The first-order valence-corrected chi connectivity index (χ1v) is 15.1. The largest absolute Gasteiger partial charge is 0.480 e. The molecule has 0 saturated carbocycles. The Bertz CT molecular complexity index is 1160. The first kappa shape index (κ1) is 32.0. The highest BCUT2D eigenvalue weighted by atomic mass is 32.2. The smallest absolute Gasteiger partial charge is 0.326 e. The van der Waals surface area contributed by atoms with Crippen molar-refractivity contribution >= 4 is 64.0 Å². The van der Waals surface area contributed by atoms with Crippen molar-refractivity contribution in [3.63, 3.8) is 0 Å². The molecule has 4 atom stereocenters. The van der Waals surface area contributed by atoms with Gasteiger partial charge in [0.2, 0.25) is 23.6 Å². The number of aliphatic carboxylic acids is 1. The predicted octanol–water partition coefficient (Wildman–Crippen LogP) is -0.0417. The molecule has 2 aromatic rings. The second kappa shape index (κ2) is 16.0. The van der Waals surface area contributed by atoms with Crippen molar-refractivity contribution < 1.29 is 29.1 Å². The molecule has 2 rings (SSSR count). The van der Waals surface area contributed by atoms with Crippen LogP contribution in [0.2, 0.25) is 0 Å². The fourth-order valence-corrected chi connectivity index (χ4v) is 4.80. The SMILES string of the molecule is CSCCC(N)C(=O)NC(CCSC)C(=O)NC(Cc1c[nH]c2ccccc12)C(=O)NC(CC(N)=O)C(=O)O. The van der Waals surface area contributed by atoms with Gasteiger partial charge in [-0.25, -0.2) is 4.79 Å². The van der Waals surface area contributed by atoms with Crippen LogP contribution in [0.5, 0.6) is 0 Å². The van der Waals surface area contributed by atoms with Gasteiger partial charge in [0.25, 0.3) is 0 Å². The monoisotopic (exact) mass is 580 g/mol. The summed E-state index contributed by atoms with van der Waals surface area (Å²) in [5.74, 6) is -3.02. The molecule has 9 N–H and O–H groups in total. The standard InChI is InChI=1S/C25H36N6O6S2/c1-38-9-7-16(26)22(33)29-18(8-10-39-2)23(34)30-19(24(35)31-20(25(36)37)12-21(27)32)11-14-13-28-17-6-4-3-5-15(14)17/h3-6,13,16,18-20,28H,7-12,26H2,1-2H3,(H2,27,32)(H,29,33)(H,30,34)(H,31,35)(H,36,37). The van der Waals surface area contributed by atoms with Gasteiger partial charge in [0.15, 0.2) is 0 Å². The van der Waals surface area contributed by atoms with Crippen LogP contribution in [-0.2, 0) is 30.4 Å². The molecule has 1 heterocycles. The first-order valence-electron chi connectivity index (χ1n) is 12.3. The molecule has 12 nitrogen and oxygen atoms in total. The zero-order chi connectivity index (χ0) is 28.9. The normalized spacial score (nSPS) is 14.1. The maximum Gasteiger partial charge on any atom is 0.326 e. The lowest BCUT2D eigenvalue weighted by molar-refractivity contribution is -0.143. The number of aromatic amines is 1. The van der Waals surface area contributed by atoms with Gasteiger partial charge in [0.1, 0.15) is 18.1 Å². The molecule has 0 bridgehead atoms. The van der Waals surface area contributed by atoms with Crippen molar-refractivity contribution in [2.45, 2.75) is 49.9 Å². The molecule has 14 heteroatoms. The van der Waals surface area contributed by atoms with Gasteiger partial charge in [-0.2, -0.15) is 23.5 Å². The fraction of sp³-hybridized carbons (Fsp3) is 0.480. The summed E-state index contributed by atoms with van der Waals surface area (Å²) in [5, 5.41) is 17.9. The molecule has 0 aliphatic heterocycles. The average Bonchev–Trinajstić information content (AvgIpc) is 3.30. The van der Waals surface area contributed by atoms with E-state index in [1.807, 2.05) is 36.8 Å². The van der Waals surface area contributed by atoms with Crippen LogP contribution < -0.4 is 27.4 Å². The van der Waals surface area contributed by atoms with Crippen LogP contribution in [0, 0.1) is 0 Å². The number of carboxylic acid groups (broad SMARTS) is 1. The van der Waals surface area contributed by atoms with Crippen molar-refractivity contribution in [1.82, 2.24) is 20.9 Å². The Morgan fingerprint density at radius 3 is 2.13 bits per heavy atom. The summed E-state index contributed by atoms with van der Waals surface area (Å²) < 4.78 is 0.